The van der Waals surface area contributed by atoms with Crippen LogP contribution < -0.4 is 5.32 Å². The van der Waals surface area contributed by atoms with Gasteiger partial charge in [0.25, 0.3) is 0 Å². The minimum atomic E-state index is -0.343. The Morgan fingerprint density at radius 2 is 2.19 bits per heavy atom. The molecule has 0 amide bonds. The molecular formula is C10H17N3O2S. The maximum absolute atomic E-state index is 10.7. The first-order valence-electron chi connectivity index (χ1n) is 5.37. The van der Waals surface area contributed by atoms with Gasteiger partial charge in [0.1, 0.15) is 5.69 Å². The lowest BCUT2D eigenvalue weighted by Crippen LogP contribution is -2.28. The van der Waals surface area contributed by atoms with E-state index in [0.29, 0.717) is 5.69 Å². The molecule has 1 aromatic heterocycles. The van der Waals surface area contributed by atoms with Gasteiger partial charge in [-0.1, -0.05) is 25.2 Å². The highest BCUT2D eigenvalue weighted by molar-refractivity contribution is 7.14. The van der Waals surface area contributed by atoms with Crippen molar-refractivity contribution in [2.24, 2.45) is 0 Å². The van der Waals surface area contributed by atoms with Crippen LogP contribution in [-0.4, -0.2) is 36.0 Å². The highest BCUT2D eigenvalue weighted by Gasteiger charge is 2.14. The third-order valence-corrected chi connectivity index (χ3v) is 3.31. The van der Waals surface area contributed by atoms with E-state index in [0.717, 1.165) is 37.5 Å². The number of rotatable bonds is 7. The third kappa shape index (κ3) is 3.46. The second-order valence-electron chi connectivity index (χ2n) is 3.35. The number of hydrogen-bond acceptors (Lipinski definition) is 5. The molecular weight excluding hydrogens is 226 g/mol. The molecule has 5 nitrogen and oxygen atoms in total. The second kappa shape index (κ2) is 6.44. The van der Waals surface area contributed by atoms with Gasteiger partial charge in [0, 0.05) is 13.1 Å². The molecule has 0 aliphatic heterocycles. The predicted molar refractivity (Wildman–Crippen MR) is 67.3 cm³/mol. The van der Waals surface area contributed by atoms with E-state index in [9.17, 15) is 10.1 Å². The second-order valence-corrected chi connectivity index (χ2v) is 4.24. The average Bonchev–Trinajstić information content (AvgIpc) is 2.72. The van der Waals surface area contributed by atoms with E-state index in [1.165, 1.54) is 0 Å². The zero-order valence-corrected chi connectivity index (χ0v) is 10.4. The number of nitrogens with zero attached hydrogens (tertiary/aromatic N) is 2. The van der Waals surface area contributed by atoms with Crippen molar-refractivity contribution in [2.75, 3.05) is 31.5 Å². The van der Waals surface area contributed by atoms with Gasteiger partial charge >= 0.3 is 5.00 Å². The van der Waals surface area contributed by atoms with Crippen molar-refractivity contribution in [1.82, 2.24) is 4.90 Å². The van der Waals surface area contributed by atoms with Gasteiger partial charge in [-0.2, -0.15) is 0 Å². The van der Waals surface area contributed by atoms with E-state index in [-0.39, 0.29) is 9.92 Å². The van der Waals surface area contributed by atoms with Gasteiger partial charge in [-0.25, -0.2) is 0 Å². The first-order valence-corrected chi connectivity index (χ1v) is 6.25. The normalized spacial score (nSPS) is 10.7. The number of likely N-dealkylation sites (N-methyl/N-ethyl adjacent to an activating group) is 1. The standard InChI is InChI=1S/C10H17N3O2S/c1-3-12(4-2)7-6-11-9-5-8-16-10(9)13(14)15/h5,8,11H,3-4,6-7H2,1-2H3. The summed E-state index contributed by atoms with van der Waals surface area (Å²) in [4.78, 5) is 12.6. The molecule has 0 atom stereocenters. The molecule has 1 rings (SSSR count). The Bertz CT molecular complexity index is 337. The number of nitro groups is 1. The molecule has 0 spiro atoms. The Morgan fingerprint density at radius 1 is 1.50 bits per heavy atom. The molecule has 0 aromatic carbocycles. The van der Waals surface area contributed by atoms with E-state index >= 15 is 0 Å². The van der Waals surface area contributed by atoms with Gasteiger partial charge in [-0.15, -0.1) is 0 Å². The van der Waals surface area contributed by atoms with Crippen LogP contribution in [0.1, 0.15) is 13.8 Å². The summed E-state index contributed by atoms with van der Waals surface area (Å²) >= 11 is 1.15. The quantitative estimate of drug-likeness (QED) is 0.590. The van der Waals surface area contributed by atoms with Crippen molar-refractivity contribution in [3.63, 3.8) is 0 Å². The minimum absolute atomic E-state index is 0.194. The highest BCUT2D eigenvalue weighted by Crippen LogP contribution is 2.30. The minimum Gasteiger partial charge on any atom is -0.377 e. The molecule has 0 unspecified atom stereocenters. The van der Waals surface area contributed by atoms with Gasteiger partial charge < -0.3 is 10.2 Å². The van der Waals surface area contributed by atoms with Gasteiger partial charge in [0.15, 0.2) is 0 Å². The predicted octanol–water partition coefficient (Wildman–Crippen LogP) is 2.41. The summed E-state index contributed by atoms with van der Waals surface area (Å²) in [5, 5.41) is 15.7. The average molecular weight is 243 g/mol. The monoisotopic (exact) mass is 243 g/mol. The molecule has 0 aliphatic rings. The lowest BCUT2D eigenvalue weighted by molar-refractivity contribution is -0.379. The Labute approximate surface area is 99.2 Å². The number of thiophene rings is 1. The van der Waals surface area contributed by atoms with Crippen molar-refractivity contribution >= 4 is 22.0 Å². The molecule has 1 N–H and O–H groups in total. The van der Waals surface area contributed by atoms with Crippen LogP contribution in [-0.2, 0) is 0 Å². The topological polar surface area (TPSA) is 58.4 Å². The molecule has 0 radical (unpaired) electrons. The molecule has 0 saturated heterocycles. The fourth-order valence-corrected chi connectivity index (χ4v) is 2.15. The smallest absolute Gasteiger partial charge is 0.347 e. The molecule has 6 heteroatoms. The Hall–Kier alpha value is -1.14. The molecule has 0 aliphatic carbocycles. The van der Waals surface area contributed by atoms with Crippen LogP contribution in [0.3, 0.4) is 0 Å². The summed E-state index contributed by atoms with van der Waals surface area (Å²) in [7, 11) is 0. The SMILES string of the molecule is CCN(CC)CCNc1ccsc1[N+](=O)[O-]. The van der Waals surface area contributed by atoms with Crippen LogP contribution in [0, 0.1) is 10.1 Å². The zero-order chi connectivity index (χ0) is 12.0. The summed E-state index contributed by atoms with van der Waals surface area (Å²) in [6, 6.07) is 1.75. The summed E-state index contributed by atoms with van der Waals surface area (Å²) in [5.74, 6) is 0. The van der Waals surface area contributed by atoms with E-state index in [4.69, 9.17) is 0 Å². The summed E-state index contributed by atoms with van der Waals surface area (Å²) in [5.41, 5.74) is 0.627. The van der Waals surface area contributed by atoms with Crippen molar-refractivity contribution in [3.05, 3.63) is 21.6 Å². The van der Waals surface area contributed by atoms with Crippen LogP contribution in [0.5, 0.6) is 0 Å². The van der Waals surface area contributed by atoms with Crippen molar-refractivity contribution < 1.29 is 4.92 Å². The lowest BCUT2D eigenvalue weighted by Gasteiger charge is -2.17. The molecule has 1 aromatic rings. The molecule has 0 bridgehead atoms. The molecule has 0 fully saturated rings. The number of anilines is 1. The Balaban J connectivity index is 2.42. The molecule has 1 heterocycles. The van der Waals surface area contributed by atoms with Crippen molar-refractivity contribution in [2.45, 2.75) is 13.8 Å². The Morgan fingerprint density at radius 3 is 2.75 bits per heavy atom. The number of nitrogens with one attached hydrogen (secondary N) is 1. The summed E-state index contributed by atoms with van der Waals surface area (Å²) < 4.78 is 0. The van der Waals surface area contributed by atoms with Gasteiger partial charge in [0.05, 0.1) is 4.92 Å². The van der Waals surface area contributed by atoms with Crippen LogP contribution in [0.4, 0.5) is 10.7 Å². The fraction of sp³-hybridized carbons (Fsp3) is 0.600. The van der Waals surface area contributed by atoms with Crippen LogP contribution in [0.15, 0.2) is 11.4 Å². The maximum Gasteiger partial charge on any atom is 0.347 e. The van der Waals surface area contributed by atoms with Gasteiger partial charge in [0.2, 0.25) is 0 Å². The molecule has 16 heavy (non-hydrogen) atoms. The maximum atomic E-state index is 10.7. The first-order chi connectivity index (χ1) is 7.69. The first kappa shape index (κ1) is 12.9. The van der Waals surface area contributed by atoms with Crippen molar-refractivity contribution in [3.8, 4) is 0 Å². The van der Waals surface area contributed by atoms with Crippen molar-refractivity contribution in [1.29, 1.82) is 0 Å². The molecule has 0 saturated carbocycles. The number of hydrogen-bond donors (Lipinski definition) is 1. The fourth-order valence-electron chi connectivity index (χ4n) is 1.47. The van der Waals surface area contributed by atoms with E-state index in [2.05, 4.69) is 24.1 Å². The zero-order valence-electron chi connectivity index (χ0n) is 9.60. The molecule has 90 valence electrons. The van der Waals surface area contributed by atoms with E-state index in [1.807, 2.05) is 0 Å². The van der Waals surface area contributed by atoms with Gasteiger partial charge in [-0.05, 0) is 24.5 Å². The van der Waals surface area contributed by atoms with Crippen LogP contribution in [0.2, 0.25) is 0 Å². The Kier molecular flexibility index (Phi) is 5.21. The van der Waals surface area contributed by atoms with Crippen LogP contribution >= 0.6 is 11.3 Å². The van der Waals surface area contributed by atoms with E-state index in [1.54, 1.807) is 11.4 Å². The van der Waals surface area contributed by atoms with Gasteiger partial charge in [-0.3, -0.25) is 10.1 Å². The highest BCUT2D eigenvalue weighted by atomic mass is 32.1. The van der Waals surface area contributed by atoms with Crippen LogP contribution in [0.25, 0.3) is 0 Å². The third-order valence-electron chi connectivity index (χ3n) is 2.45. The summed E-state index contributed by atoms with van der Waals surface area (Å²) in [6.45, 7) is 7.86. The summed E-state index contributed by atoms with van der Waals surface area (Å²) in [6.07, 6.45) is 0. The largest absolute Gasteiger partial charge is 0.377 e. The van der Waals surface area contributed by atoms with E-state index < -0.39 is 0 Å². The lowest BCUT2D eigenvalue weighted by atomic mass is 10.4.